The van der Waals surface area contributed by atoms with E-state index in [2.05, 4.69) is 20.0 Å². The van der Waals surface area contributed by atoms with Crippen LogP contribution in [0.15, 0.2) is 28.4 Å². The van der Waals surface area contributed by atoms with Gasteiger partial charge >= 0.3 is 5.69 Å². The van der Waals surface area contributed by atoms with Gasteiger partial charge in [-0.1, -0.05) is 0 Å². The molecule has 1 fully saturated rings. The molecule has 0 spiro atoms. The van der Waals surface area contributed by atoms with Crippen LogP contribution >= 0.6 is 0 Å². The van der Waals surface area contributed by atoms with Gasteiger partial charge in [0.25, 0.3) is 5.56 Å². The minimum Gasteiger partial charge on any atom is -0.340 e. The van der Waals surface area contributed by atoms with Gasteiger partial charge in [0, 0.05) is 51.5 Å². The highest BCUT2D eigenvalue weighted by Gasteiger charge is 2.22. The van der Waals surface area contributed by atoms with Gasteiger partial charge in [-0.2, -0.15) is 5.10 Å². The molecule has 0 bridgehead atoms. The van der Waals surface area contributed by atoms with Gasteiger partial charge in [-0.05, 0) is 0 Å². The van der Waals surface area contributed by atoms with Gasteiger partial charge in [0.1, 0.15) is 12.7 Å². The Hall–Kier alpha value is -2.75. The predicted octanol–water partition coefficient (Wildman–Crippen LogP) is -1.95. The smallest absolute Gasteiger partial charge is 0.328 e. The zero-order valence-electron chi connectivity index (χ0n) is 14.1. The van der Waals surface area contributed by atoms with Crippen LogP contribution in [-0.2, 0) is 24.8 Å². The van der Waals surface area contributed by atoms with Crippen LogP contribution in [0.25, 0.3) is 0 Å². The van der Waals surface area contributed by atoms with E-state index in [0.717, 1.165) is 30.7 Å². The molecule has 134 valence electrons. The highest BCUT2D eigenvalue weighted by molar-refractivity contribution is 5.78. The SMILES string of the molecule is Cn1c(=O)[nH]cc(CC(=O)N2CCN(CCn3cncn3)CC2)c1=O. The Morgan fingerprint density at radius 2 is 1.96 bits per heavy atom. The van der Waals surface area contributed by atoms with E-state index in [9.17, 15) is 14.4 Å². The molecule has 1 aliphatic rings. The molecule has 0 atom stereocenters. The second-order valence-corrected chi connectivity index (χ2v) is 6.04. The molecule has 1 aliphatic heterocycles. The molecule has 2 aromatic rings. The van der Waals surface area contributed by atoms with E-state index in [0.29, 0.717) is 18.7 Å². The summed E-state index contributed by atoms with van der Waals surface area (Å²) in [5.41, 5.74) is -0.605. The zero-order chi connectivity index (χ0) is 17.8. The first-order valence-electron chi connectivity index (χ1n) is 8.15. The minimum absolute atomic E-state index is 0.00239. The van der Waals surface area contributed by atoms with Gasteiger partial charge in [0.2, 0.25) is 5.91 Å². The maximum atomic E-state index is 12.4. The Labute approximate surface area is 143 Å². The summed E-state index contributed by atoms with van der Waals surface area (Å²) in [6.45, 7) is 4.43. The molecule has 10 heteroatoms. The summed E-state index contributed by atoms with van der Waals surface area (Å²) in [6, 6.07) is 0. The largest absolute Gasteiger partial charge is 0.340 e. The van der Waals surface area contributed by atoms with E-state index >= 15 is 0 Å². The fourth-order valence-electron chi connectivity index (χ4n) is 2.83. The average molecular weight is 347 g/mol. The summed E-state index contributed by atoms with van der Waals surface area (Å²) in [7, 11) is 1.39. The van der Waals surface area contributed by atoms with Gasteiger partial charge in [-0.25, -0.2) is 9.78 Å². The number of aromatic nitrogens is 5. The Kier molecular flexibility index (Phi) is 5.08. The lowest BCUT2D eigenvalue weighted by molar-refractivity contribution is -0.132. The fraction of sp³-hybridized carbons (Fsp3) is 0.533. The number of nitrogens with one attached hydrogen (secondary N) is 1. The van der Waals surface area contributed by atoms with Gasteiger partial charge in [0.15, 0.2) is 0 Å². The topological polar surface area (TPSA) is 109 Å². The van der Waals surface area contributed by atoms with Crippen LogP contribution in [-0.4, -0.2) is 72.7 Å². The molecule has 0 aliphatic carbocycles. The van der Waals surface area contributed by atoms with E-state index < -0.39 is 11.2 Å². The van der Waals surface area contributed by atoms with E-state index in [1.54, 1.807) is 15.9 Å². The molecule has 0 aromatic carbocycles. The lowest BCUT2D eigenvalue weighted by atomic mass is 10.2. The first-order valence-corrected chi connectivity index (χ1v) is 8.15. The molecule has 2 aromatic heterocycles. The third kappa shape index (κ3) is 4.02. The van der Waals surface area contributed by atoms with Crippen molar-refractivity contribution in [2.24, 2.45) is 7.05 Å². The maximum absolute atomic E-state index is 12.4. The summed E-state index contributed by atoms with van der Waals surface area (Å²) in [4.78, 5) is 46.2. The first kappa shape index (κ1) is 17.1. The van der Waals surface area contributed by atoms with Crippen LogP contribution in [0.2, 0.25) is 0 Å². The molecule has 25 heavy (non-hydrogen) atoms. The number of hydrogen-bond donors (Lipinski definition) is 1. The maximum Gasteiger partial charge on any atom is 0.328 e. The third-order valence-electron chi connectivity index (χ3n) is 4.43. The molecule has 0 radical (unpaired) electrons. The Bertz CT molecular complexity index is 832. The van der Waals surface area contributed by atoms with Crippen molar-refractivity contribution in [3.05, 3.63) is 45.3 Å². The first-order chi connectivity index (χ1) is 12.0. The number of carbonyl (C=O) groups is 1. The van der Waals surface area contributed by atoms with Crippen molar-refractivity contribution >= 4 is 5.91 Å². The zero-order valence-corrected chi connectivity index (χ0v) is 14.1. The van der Waals surface area contributed by atoms with Gasteiger partial charge in [-0.15, -0.1) is 0 Å². The lowest BCUT2D eigenvalue weighted by Gasteiger charge is -2.34. The molecule has 0 unspecified atom stereocenters. The van der Waals surface area contributed by atoms with Crippen molar-refractivity contribution in [3.63, 3.8) is 0 Å². The average Bonchev–Trinajstić information content (AvgIpc) is 3.14. The standard InChI is InChI=1S/C15H21N7O3/c1-19-14(24)12(9-17-15(19)25)8-13(23)21-5-2-20(3-6-21)4-7-22-11-16-10-18-22/h9-11H,2-8H2,1H3,(H,17,25). The van der Waals surface area contributed by atoms with E-state index in [4.69, 9.17) is 0 Å². The molecule has 1 N–H and O–H groups in total. The number of hydrogen-bond acceptors (Lipinski definition) is 6. The molecule has 3 rings (SSSR count). The lowest BCUT2D eigenvalue weighted by Crippen LogP contribution is -2.50. The quantitative estimate of drug-likeness (QED) is 0.673. The number of carbonyl (C=O) groups excluding carboxylic acids is 1. The van der Waals surface area contributed by atoms with Gasteiger partial charge < -0.3 is 9.88 Å². The monoisotopic (exact) mass is 347 g/mol. The van der Waals surface area contributed by atoms with E-state index in [-0.39, 0.29) is 12.3 Å². The third-order valence-corrected chi connectivity index (χ3v) is 4.43. The molecule has 0 saturated carbocycles. The second-order valence-electron chi connectivity index (χ2n) is 6.04. The van der Waals surface area contributed by atoms with Crippen LogP contribution in [0.5, 0.6) is 0 Å². The molecule has 1 saturated heterocycles. The number of nitrogens with zero attached hydrogens (tertiary/aromatic N) is 6. The van der Waals surface area contributed by atoms with Gasteiger partial charge in [-0.3, -0.25) is 23.7 Å². The van der Waals surface area contributed by atoms with E-state index in [1.165, 1.54) is 19.6 Å². The molecular formula is C15H21N7O3. The molecule has 1 amide bonds. The van der Waals surface area contributed by atoms with E-state index in [1.807, 2.05) is 0 Å². The van der Waals surface area contributed by atoms with Crippen molar-refractivity contribution < 1.29 is 4.79 Å². The summed E-state index contributed by atoms with van der Waals surface area (Å²) in [5.74, 6) is -0.0972. The number of rotatable bonds is 5. The van der Waals surface area contributed by atoms with Crippen LogP contribution in [0.3, 0.4) is 0 Å². The summed E-state index contributed by atoms with van der Waals surface area (Å²) in [5, 5.41) is 4.07. The highest BCUT2D eigenvalue weighted by Crippen LogP contribution is 2.04. The highest BCUT2D eigenvalue weighted by atomic mass is 16.2. The van der Waals surface area contributed by atoms with Crippen molar-refractivity contribution in [2.75, 3.05) is 32.7 Å². The van der Waals surface area contributed by atoms with Crippen LogP contribution in [0, 0.1) is 0 Å². The van der Waals surface area contributed by atoms with Crippen molar-refractivity contribution in [1.82, 2.24) is 34.1 Å². The Balaban J connectivity index is 1.51. The number of aromatic amines is 1. The fourth-order valence-corrected chi connectivity index (χ4v) is 2.83. The van der Waals surface area contributed by atoms with Crippen molar-refractivity contribution in [3.8, 4) is 0 Å². The minimum atomic E-state index is -0.484. The molecule has 3 heterocycles. The Morgan fingerprint density at radius 1 is 1.20 bits per heavy atom. The number of piperazine rings is 1. The Morgan fingerprint density at radius 3 is 2.64 bits per heavy atom. The second kappa shape index (κ2) is 7.43. The van der Waals surface area contributed by atoms with Crippen molar-refractivity contribution in [1.29, 1.82) is 0 Å². The summed E-state index contributed by atoms with van der Waals surface area (Å²) < 4.78 is 2.76. The number of amides is 1. The van der Waals surface area contributed by atoms with Crippen LogP contribution < -0.4 is 11.2 Å². The van der Waals surface area contributed by atoms with Crippen molar-refractivity contribution in [2.45, 2.75) is 13.0 Å². The molecular weight excluding hydrogens is 326 g/mol. The summed E-state index contributed by atoms with van der Waals surface area (Å²) in [6.07, 6.45) is 4.53. The normalized spacial score (nSPS) is 15.5. The molecule has 10 nitrogen and oxygen atoms in total. The summed E-state index contributed by atoms with van der Waals surface area (Å²) >= 11 is 0. The van der Waals surface area contributed by atoms with Gasteiger partial charge in [0.05, 0.1) is 13.0 Å². The number of H-pyrrole nitrogens is 1. The van der Waals surface area contributed by atoms with Crippen LogP contribution in [0.4, 0.5) is 0 Å². The van der Waals surface area contributed by atoms with Crippen LogP contribution in [0.1, 0.15) is 5.56 Å². The predicted molar refractivity (Wildman–Crippen MR) is 89.0 cm³/mol.